The molecule has 2 N–H and O–H groups in total. The highest BCUT2D eigenvalue weighted by molar-refractivity contribution is 7.11. The van der Waals surface area contributed by atoms with Crippen LogP contribution in [0.3, 0.4) is 0 Å². The molecule has 0 atom stereocenters. The van der Waals surface area contributed by atoms with Gasteiger partial charge >= 0.3 is 0 Å². The number of hydrogen-bond donors (Lipinski definition) is 2. The zero-order valence-electron chi connectivity index (χ0n) is 15.1. The number of ether oxygens (including phenoxy) is 1. The summed E-state index contributed by atoms with van der Waals surface area (Å²) in [7, 11) is 1.63. The molecule has 0 fully saturated rings. The number of halogens is 1. The molecule has 0 unspecified atom stereocenters. The molecule has 28 heavy (non-hydrogen) atoms. The first-order valence-electron chi connectivity index (χ1n) is 8.66. The predicted octanol–water partition coefficient (Wildman–Crippen LogP) is 5.23. The number of nitrogens with one attached hydrogen (secondary N) is 1. The van der Waals surface area contributed by atoms with Gasteiger partial charge in [-0.25, -0.2) is 4.98 Å². The van der Waals surface area contributed by atoms with E-state index in [1.165, 1.54) is 11.3 Å². The molecule has 2 aromatic carbocycles. The van der Waals surface area contributed by atoms with E-state index < -0.39 is 0 Å². The van der Waals surface area contributed by atoms with Crippen LogP contribution in [0.4, 0.5) is 0 Å². The van der Waals surface area contributed by atoms with Gasteiger partial charge in [-0.05, 0) is 18.2 Å². The second-order valence-corrected chi connectivity index (χ2v) is 7.68. The summed E-state index contributed by atoms with van der Waals surface area (Å²) in [6, 6.07) is 15.1. The van der Waals surface area contributed by atoms with E-state index in [4.69, 9.17) is 21.7 Å². The fraction of sp³-hybridized carbons (Fsp3) is 0.143. The van der Waals surface area contributed by atoms with Crippen LogP contribution in [-0.4, -0.2) is 34.5 Å². The summed E-state index contributed by atoms with van der Waals surface area (Å²) in [4.78, 5) is 6.44. The number of amidine groups is 1. The van der Waals surface area contributed by atoms with Crippen LogP contribution >= 0.6 is 22.9 Å². The lowest BCUT2D eigenvalue weighted by atomic mass is 10.2. The number of nitrogens with zero attached hydrogens (tertiary/aromatic N) is 2. The van der Waals surface area contributed by atoms with Crippen LogP contribution < -0.4 is 4.74 Å². The van der Waals surface area contributed by atoms with Crippen molar-refractivity contribution < 1.29 is 9.84 Å². The smallest absolute Gasteiger partial charge is 0.135 e. The van der Waals surface area contributed by atoms with E-state index in [1.807, 2.05) is 58.8 Å². The third kappa shape index (κ3) is 3.48. The summed E-state index contributed by atoms with van der Waals surface area (Å²) in [5, 5.41) is 22.3. The minimum absolute atomic E-state index is 0.164. The molecule has 7 heteroatoms. The van der Waals surface area contributed by atoms with Crippen LogP contribution in [-0.2, 0) is 6.54 Å². The van der Waals surface area contributed by atoms with Gasteiger partial charge in [0.05, 0.1) is 24.9 Å². The number of aromatic nitrogens is 1. The van der Waals surface area contributed by atoms with E-state index in [9.17, 15) is 5.11 Å². The third-order valence-electron chi connectivity index (χ3n) is 4.59. The van der Waals surface area contributed by atoms with Crippen LogP contribution in [0.1, 0.15) is 10.6 Å². The van der Waals surface area contributed by atoms with Crippen molar-refractivity contribution in [2.75, 3.05) is 13.7 Å². The Hall–Kier alpha value is -2.83. The molecule has 3 aromatic rings. The minimum atomic E-state index is 0.164. The molecular formula is C21H18ClN3O2S. The molecular weight excluding hydrogens is 394 g/mol. The fourth-order valence-corrected chi connectivity index (χ4v) is 4.20. The van der Waals surface area contributed by atoms with Gasteiger partial charge in [0.1, 0.15) is 22.4 Å². The Morgan fingerprint density at radius 1 is 1.21 bits per heavy atom. The molecule has 4 rings (SSSR count). The number of rotatable bonds is 5. The molecule has 1 aliphatic rings. The van der Waals surface area contributed by atoms with Crippen molar-refractivity contribution in [3.63, 3.8) is 0 Å². The van der Waals surface area contributed by atoms with Crippen molar-refractivity contribution in [3.05, 3.63) is 75.3 Å². The lowest BCUT2D eigenvalue weighted by molar-refractivity contribution is 0.341. The zero-order valence-corrected chi connectivity index (χ0v) is 16.7. The van der Waals surface area contributed by atoms with E-state index >= 15 is 0 Å². The van der Waals surface area contributed by atoms with Gasteiger partial charge in [-0.2, -0.15) is 0 Å². The van der Waals surface area contributed by atoms with E-state index in [0.29, 0.717) is 22.1 Å². The van der Waals surface area contributed by atoms with Crippen molar-refractivity contribution >= 4 is 34.3 Å². The van der Waals surface area contributed by atoms with E-state index in [0.717, 1.165) is 22.6 Å². The number of aliphatic hydroxyl groups excluding tert-OH is 1. The van der Waals surface area contributed by atoms with Gasteiger partial charge in [-0.3, -0.25) is 5.41 Å². The second-order valence-electron chi connectivity index (χ2n) is 6.38. The van der Waals surface area contributed by atoms with Crippen LogP contribution in [0.2, 0.25) is 5.02 Å². The van der Waals surface area contributed by atoms with Gasteiger partial charge in [0, 0.05) is 28.1 Å². The lowest BCUT2D eigenvalue weighted by Gasteiger charge is -2.20. The first kappa shape index (κ1) is 18.5. The highest BCUT2D eigenvalue weighted by atomic mass is 35.5. The Morgan fingerprint density at radius 3 is 2.71 bits per heavy atom. The van der Waals surface area contributed by atoms with Gasteiger partial charge in [-0.1, -0.05) is 41.9 Å². The molecule has 0 saturated carbocycles. The molecule has 5 nitrogen and oxygen atoms in total. The summed E-state index contributed by atoms with van der Waals surface area (Å²) in [5.74, 6) is 1.19. The summed E-state index contributed by atoms with van der Waals surface area (Å²) in [5.41, 5.74) is 3.19. The number of hydrogen-bond acceptors (Lipinski definition) is 5. The van der Waals surface area contributed by atoms with Gasteiger partial charge in [0.2, 0.25) is 0 Å². The monoisotopic (exact) mass is 411 g/mol. The van der Waals surface area contributed by atoms with Crippen molar-refractivity contribution in [1.82, 2.24) is 9.88 Å². The average molecular weight is 412 g/mol. The number of thiazole rings is 1. The summed E-state index contributed by atoms with van der Waals surface area (Å²) >= 11 is 7.36. The maximum absolute atomic E-state index is 10.5. The Morgan fingerprint density at radius 2 is 1.96 bits per heavy atom. The molecule has 0 saturated heterocycles. The molecule has 0 aliphatic carbocycles. The van der Waals surface area contributed by atoms with E-state index in [1.54, 1.807) is 7.11 Å². The van der Waals surface area contributed by atoms with Gasteiger partial charge in [0.25, 0.3) is 0 Å². The molecule has 0 radical (unpaired) electrons. The normalized spacial score (nSPS) is 14.1. The van der Waals surface area contributed by atoms with Crippen LogP contribution in [0.5, 0.6) is 5.75 Å². The quantitative estimate of drug-likeness (QED) is 0.602. The molecule has 0 spiro atoms. The zero-order chi connectivity index (χ0) is 19.7. The summed E-state index contributed by atoms with van der Waals surface area (Å²) in [6.07, 6.45) is 0. The SMILES string of the molecule is COc1ccccc1CN1CC(O)=C(c2nc(-c3ccc(Cl)cc3)cs2)C1=N. The Labute approximate surface area is 172 Å². The van der Waals surface area contributed by atoms with Crippen LogP contribution in [0.25, 0.3) is 16.8 Å². The minimum Gasteiger partial charge on any atom is -0.510 e. The molecule has 1 aliphatic heterocycles. The van der Waals surface area contributed by atoms with Crippen LogP contribution in [0, 0.1) is 5.41 Å². The Bertz CT molecular complexity index is 1060. The first-order valence-corrected chi connectivity index (χ1v) is 9.92. The second kappa shape index (κ2) is 7.66. The third-order valence-corrected chi connectivity index (χ3v) is 5.71. The predicted molar refractivity (Wildman–Crippen MR) is 113 cm³/mol. The molecule has 2 heterocycles. The number of para-hydroxylation sites is 1. The first-order chi connectivity index (χ1) is 13.6. The van der Waals surface area contributed by atoms with Crippen LogP contribution in [0.15, 0.2) is 59.7 Å². The standard InChI is InChI=1S/C21H18ClN3O2S/c1-27-18-5-3-2-4-14(18)10-25-11-17(26)19(20(25)23)21-24-16(12-28-21)13-6-8-15(22)9-7-13/h2-9,12,23,26H,10-11H2,1H3. The number of benzene rings is 2. The Kier molecular flexibility index (Phi) is 5.07. The van der Waals surface area contributed by atoms with E-state index in [2.05, 4.69) is 4.98 Å². The fourth-order valence-electron chi connectivity index (χ4n) is 3.17. The molecule has 1 aromatic heterocycles. The molecule has 0 bridgehead atoms. The molecule has 142 valence electrons. The van der Waals surface area contributed by atoms with Crippen molar-refractivity contribution in [3.8, 4) is 17.0 Å². The summed E-state index contributed by atoms with van der Waals surface area (Å²) < 4.78 is 5.40. The largest absolute Gasteiger partial charge is 0.510 e. The van der Waals surface area contributed by atoms with Gasteiger partial charge in [-0.15, -0.1) is 11.3 Å². The maximum atomic E-state index is 10.5. The molecule has 0 amide bonds. The van der Waals surface area contributed by atoms with Gasteiger partial charge < -0.3 is 14.7 Å². The van der Waals surface area contributed by atoms with Crippen molar-refractivity contribution in [1.29, 1.82) is 5.41 Å². The average Bonchev–Trinajstić information content (AvgIpc) is 3.27. The number of aliphatic hydroxyl groups is 1. The van der Waals surface area contributed by atoms with Gasteiger partial charge in [0.15, 0.2) is 0 Å². The van der Waals surface area contributed by atoms with Crippen molar-refractivity contribution in [2.45, 2.75) is 6.54 Å². The maximum Gasteiger partial charge on any atom is 0.135 e. The Balaban J connectivity index is 1.57. The van der Waals surface area contributed by atoms with E-state index in [-0.39, 0.29) is 18.1 Å². The highest BCUT2D eigenvalue weighted by Crippen LogP contribution is 2.33. The highest BCUT2D eigenvalue weighted by Gasteiger charge is 2.30. The lowest BCUT2D eigenvalue weighted by Crippen LogP contribution is -2.26. The van der Waals surface area contributed by atoms with Crippen molar-refractivity contribution in [2.24, 2.45) is 0 Å². The topological polar surface area (TPSA) is 69.4 Å². The number of methoxy groups -OCH3 is 1. The summed E-state index contributed by atoms with van der Waals surface area (Å²) in [6.45, 7) is 0.758.